The highest BCUT2D eigenvalue weighted by Crippen LogP contribution is 2.28. The molecule has 2 rings (SSSR count). The van der Waals surface area contributed by atoms with Crippen molar-refractivity contribution in [1.82, 2.24) is 0 Å². The van der Waals surface area contributed by atoms with Crippen LogP contribution in [0.3, 0.4) is 0 Å². The zero-order chi connectivity index (χ0) is 9.26. The molecule has 2 aromatic rings. The average molecular weight is 209 g/mol. The van der Waals surface area contributed by atoms with Crippen LogP contribution >= 0.6 is 22.7 Å². The van der Waals surface area contributed by atoms with Crippen LogP contribution in [0.5, 0.6) is 0 Å². The Morgan fingerprint density at radius 1 is 1.31 bits per heavy atom. The van der Waals surface area contributed by atoms with E-state index in [9.17, 15) is 0 Å². The molecule has 0 radical (unpaired) electrons. The Balaban J connectivity index is 2.33. The Morgan fingerprint density at radius 2 is 2.15 bits per heavy atom. The van der Waals surface area contributed by atoms with Crippen molar-refractivity contribution in [3.8, 4) is 0 Å². The molecule has 0 unspecified atom stereocenters. The first-order valence-corrected chi connectivity index (χ1v) is 5.93. The lowest BCUT2D eigenvalue weighted by Crippen LogP contribution is -2.09. The average Bonchev–Trinajstić information content (AvgIpc) is 2.72. The molecular formula is C10H11NS2. The molecule has 1 atom stereocenters. The van der Waals surface area contributed by atoms with E-state index in [1.54, 1.807) is 22.7 Å². The molecule has 3 heteroatoms. The Kier molecular flexibility index (Phi) is 2.49. The van der Waals surface area contributed by atoms with Crippen LogP contribution in [0.25, 0.3) is 0 Å². The number of hydrogen-bond acceptors (Lipinski definition) is 3. The molecule has 0 saturated carbocycles. The van der Waals surface area contributed by atoms with E-state index in [0.29, 0.717) is 0 Å². The molecule has 0 saturated heterocycles. The molecule has 0 aromatic carbocycles. The van der Waals surface area contributed by atoms with Crippen LogP contribution in [0.2, 0.25) is 0 Å². The fraction of sp³-hybridized carbons (Fsp3) is 0.200. The van der Waals surface area contributed by atoms with Crippen LogP contribution in [0.1, 0.15) is 22.0 Å². The van der Waals surface area contributed by atoms with Gasteiger partial charge in [0.05, 0.1) is 6.04 Å². The monoisotopic (exact) mass is 209 g/mol. The first kappa shape index (κ1) is 8.94. The second-order valence-electron chi connectivity index (χ2n) is 3.00. The van der Waals surface area contributed by atoms with Crippen LogP contribution in [-0.4, -0.2) is 0 Å². The van der Waals surface area contributed by atoms with E-state index in [1.165, 1.54) is 16.0 Å². The molecule has 2 N–H and O–H groups in total. The number of thiophene rings is 2. The summed E-state index contributed by atoms with van der Waals surface area (Å²) in [5.41, 5.74) is 8.64. The number of nitrogens with two attached hydrogens (primary N) is 1. The minimum absolute atomic E-state index is 0.0613. The van der Waals surface area contributed by atoms with Gasteiger partial charge in [-0.1, -0.05) is 0 Å². The maximum absolute atomic E-state index is 6.12. The molecule has 2 aromatic heterocycles. The summed E-state index contributed by atoms with van der Waals surface area (Å²) in [5, 5.41) is 6.28. The van der Waals surface area contributed by atoms with Crippen molar-refractivity contribution in [3.63, 3.8) is 0 Å². The molecule has 0 fully saturated rings. The largest absolute Gasteiger partial charge is 0.320 e. The summed E-state index contributed by atoms with van der Waals surface area (Å²) in [6.45, 7) is 2.11. The summed E-state index contributed by atoms with van der Waals surface area (Å²) < 4.78 is 0. The predicted molar refractivity (Wildman–Crippen MR) is 59.4 cm³/mol. The zero-order valence-electron chi connectivity index (χ0n) is 7.36. The Labute approximate surface area is 85.8 Å². The summed E-state index contributed by atoms with van der Waals surface area (Å²) in [6, 6.07) is 4.27. The van der Waals surface area contributed by atoms with Crippen LogP contribution < -0.4 is 5.73 Å². The van der Waals surface area contributed by atoms with Gasteiger partial charge in [-0.05, 0) is 46.3 Å². The van der Waals surface area contributed by atoms with Crippen LogP contribution in [0.4, 0.5) is 0 Å². The van der Waals surface area contributed by atoms with Crippen molar-refractivity contribution in [2.45, 2.75) is 13.0 Å². The molecule has 2 heterocycles. The SMILES string of the molecule is Cc1ccsc1[C@@H](N)c1ccsc1. The third kappa shape index (κ3) is 1.68. The van der Waals surface area contributed by atoms with E-state index in [0.717, 1.165) is 0 Å². The normalized spacial score (nSPS) is 13.1. The lowest BCUT2D eigenvalue weighted by atomic mass is 10.1. The molecule has 0 aliphatic rings. The topological polar surface area (TPSA) is 26.0 Å². The lowest BCUT2D eigenvalue weighted by Gasteiger charge is -2.08. The van der Waals surface area contributed by atoms with Gasteiger partial charge in [0.2, 0.25) is 0 Å². The summed E-state index contributed by atoms with van der Waals surface area (Å²) >= 11 is 3.43. The van der Waals surface area contributed by atoms with Gasteiger partial charge in [0.25, 0.3) is 0 Å². The second-order valence-corrected chi connectivity index (χ2v) is 4.73. The van der Waals surface area contributed by atoms with Crippen molar-refractivity contribution < 1.29 is 0 Å². The van der Waals surface area contributed by atoms with Crippen molar-refractivity contribution in [2.24, 2.45) is 5.73 Å². The number of hydrogen-bond donors (Lipinski definition) is 1. The summed E-state index contributed by atoms with van der Waals surface area (Å²) in [4.78, 5) is 1.28. The van der Waals surface area contributed by atoms with Crippen molar-refractivity contribution >= 4 is 22.7 Å². The fourth-order valence-corrected chi connectivity index (χ4v) is 2.96. The summed E-state index contributed by atoms with van der Waals surface area (Å²) in [6.07, 6.45) is 0. The van der Waals surface area contributed by atoms with E-state index in [2.05, 4.69) is 35.2 Å². The molecule has 13 heavy (non-hydrogen) atoms. The van der Waals surface area contributed by atoms with Gasteiger partial charge in [0.1, 0.15) is 0 Å². The van der Waals surface area contributed by atoms with Gasteiger partial charge in [-0.2, -0.15) is 11.3 Å². The zero-order valence-corrected chi connectivity index (χ0v) is 8.99. The van der Waals surface area contributed by atoms with Gasteiger partial charge in [0.15, 0.2) is 0 Å². The van der Waals surface area contributed by atoms with E-state index in [1.807, 2.05) is 0 Å². The summed E-state index contributed by atoms with van der Waals surface area (Å²) in [7, 11) is 0. The Hall–Kier alpha value is -0.640. The molecule has 1 nitrogen and oxygen atoms in total. The minimum atomic E-state index is 0.0613. The van der Waals surface area contributed by atoms with E-state index in [4.69, 9.17) is 5.73 Å². The first-order valence-electron chi connectivity index (χ1n) is 4.10. The van der Waals surface area contributed by atoms with Gasteiger partial charge >= 0.3 is 0 Å². The second kappa shape index (κ2) is 3.62. The highest BCUT2D eigenvalue weighted by atomic mass is 32.1. The maximum atomic E-state index is 6.12. The standard InChI is InChI=1S/C10H11NS2/c1-7-2-5-13-10(7)9(11)8-3-4-12-6-8/h2-6,9H,11H2,1H3/t9-/m0/s1. The Morgan fingerprint density at radius 3 is 2.69 bits per heavy atom. The van der Waals surface area contributed by atoms with E-state index in [-0.39, 0.29) is 6.04 Å². The third-order valence-electron chi connectivity index (χ3n) is 2.09. The molecule has 0 amide bonds. The van der Waals surface area contributed by atoms with Crippen LogP contribution in [0.15, 0.2) is 28.3 Å². The molecule has 0 aliphatic carbocycles. The molecule has 0 bridgehead atoms. The molecule has 0 spiro atoms. The Bertz CT molecular complexity index is 375. The molecular weight excluding hydrogens is 198 g/mol. The van der Waals surface area contributed by atoms with Gasteiger partial charge in [0, 0.05) is 4.88 Å². The number of aryl methyl sites for hydroxylation is 1. The third-order valence-corrected chi connectivity index (χ3v) is 3.89. The van der Waals surface area contributed by atoms with E-state index >= 15 is 0 Å². The minimum Gasteiger partial charge on any atom is -0.320 e. The van der Waals surface area contributed by atoms with Crippen molar-refractivity contribution in [1.29, 1.82) is 0 Å². The molecule has 68 valence electrons. The number of rotatable bonds is 2. The van der Waals surface area contributed by atoms with Gasteiger partial charge in [-0.3, -0.25) is 0 Å². The van der Waals surface area contributed by atoms with E-state index < -0.39 is 0 Å². The van der Waals surface area contributed by atoms with Crippen molar-refractivity contribution in [2.75, 3.05) is 0 Å². The van der Waals surface area contributed by atoms with Crippen LogP contribution in [-0.2, 0) is 0 Å². The quantitative estimate of drug-likeness (QED) is 0.807. The summed E-state index contributed by atoms with van der Waals surface area (Å²) in [5.74, 6) is 0. The van der Waals surface area contributed by atoms with Gasteiger partial charge < -0.3 is 5.73 Å². The first-order chi connectivity index (χ1) is 6.29. The lowest BCUT2D eigenvalue weighted by molar-refractivity contribution is 0.891. The van der Waals surface area contributed by atoms with Gasteiger partial charge in [-0.25, -0.2) is 0 Å². The fourth-order valence-electron chi connectivity index (χ4n) is 1.31. The van der Waals surface area contributed by atoms with Crippen molar-refractivity contribution in [3.05, 3.63) is 44.3 Å². The highest BCUT2D eigenvalue weighted by molar-refractivity contribution is 7.10. The highest BCUT2D eigenvalue weighted by Gasteiger charge is 2.12. The van der Waals surface area contributed by atoms with Gasteiger partial charge in [-0.15, -0.1) is 11.3 Å². The maximum Gasteiger partial charge on any atom is 0.0656 e. The van der Waals surface area contributed by atoms with Crippen LogP contribution in [0, 0.1) is 6.92 Å². The smallest absolute Gasteiger partial charge is 0.0656 e. The molecule has 0 aliphatic heterocycles. The predicted octanol–water partition coefficient (Wildman–Crippen LogP) is 3.17.